The van der Waals surface area contributed by atoms with Crippen molar-refractivity contribution in [3.05, 3.63) is 63.2 Å². The number of aromatic amines is 1. The summed E-state index contributed by atoms with van der Waals surface area (Å²) < 4.78 is 60.6. The minimum absolute atomic E-state index is 0.150. The summed E-state index contributed by atoms with van der Waals surface area (Å²) in [6.07, 6.45) is -4.12. The van der Waals surface area contributed by atoms with Crippen LogP contribution >= 0.6 is 7.75 Å². The van der Waals surface area contributed by atoms with Gasteiger partial charge in [0.25, 0.3) is 5.56 Å². The maximum absolute atomic E-state index is 13.9. The second-order valence-corrected chi connectivity index (χ2v) is 11.4. The van der Waals surface area contributed by atoms with Crippen molar-refractivity contribution in [3.8, 4) is 5.75 Å². The first kappa shape index (κ1) is 31.0. The summed E-state index contributed by atoms with van der Waals surface area (Å²) in [7, 11) is -3.16. The number of H-pyrrole nitrogens is 1. The van der Waals surface area contributed by atoms with Crippen LogP contribution in [0.3, 0.4) is 0 Å². The SMILES string of the molecule is COC(=O)[C@H](C)NP(=O)(OC[C@H]1O[C@@H](n2cc(F)c(=O)[nH]c2=O)C[C@@H]1OC(=O)OC(C)(C)C)Oc1ccccc1. The standard InChI is InChI=1S/C24H31FN3O11P/c1-14(21(30)34-5)27-40(33,39-15-9-7-6-8-10-15)35-13-18-17(37-23(32)38-24(2,3)4)11-19(36-18)28-12-16(25)20(29)26-22(28)31/h6-10,12,14,17-19H,11,13H2,1-5H3,(H,27,33)(H,26,29,31)/t14-,17-,18+,19+,40?/m0/s1. The number of esters is 1. The van der Waals surface area contributed by atoms with Crippen molar-refractivity contribution in [2.75, 3.05) is 13.7 Å². The molecular formula is C24H31FN3O11P. The molecule has 0 amide bonds. The number of halogens is 1. The fraction of sp³-hybridized carbons (Fsp3) is 0.500. The predicted molar refractivity (Wildman–Crippen MR) is 136 cm³/mol. The molecule has 5 atom stereocenters. The van der Waals surface area contributed by atoms with E-state index in [4.69, 9.17) is 23.3 Å². The molecular weight excluding hydrogens is 556 g/mol. The fourth-order valence-electron chi connectivity index (χ4n) is 3.57. The summed E-state index contributed by atoms with van der Waals surface area (Å²) in [4.78, 5) is 50.0. The second kappa shape index (κ2) is 12.8. The molecule has 1 aliphatic heterocycles. The Labute approximate surface area is 228 Å². The number of nitrogens with one attached hydrogen (secondary N) is 2. The number of methoxy groups -OCH3 is 1. The van der Waals surface area contributed by atoms with Crippen molar-refractivity contribution in [3.63, 3.8) is 0 Å². The number of hydrogen-bond donors (Lipinski definition) is 2. The van der Waals surface area contributed by atoms with Crippen LogP contribution in [0, 0.1) is 5.82 Å². The van der Waals surface area contributed by atoms with E-state index in [0.29, 0.717) is 6.20 Å². The van der Waals surface area contributed by atoms with Gasteiger partial charge in [0.1, 0.15) is 35.8 Å². The number of rotatable bonds is 10. The Kier molecular flexibility index (Phi) is 9.90. The maximum Gasteiger partial charge on any atom is 0.509 e. The van der Waals surface area contributed by atoms with Gasteiger partial charge in [-0.15, -0.1) is 0 Å². The molecule has 1 aliphatic rings. The van der Waals surface area contributed by atoms with E-state index in [1.165, 1.54) is 19.1 Å². The van der Waals surface area contributed by atoms with Gasteiger partial charge in [-0.1, -0.05) is 18.2 Å². The van der Waals surface area contributed by atoms with Crippen LogP contribution in [-0.2, 0) is 32.8 Å². The fourth-order valence-corrected chi connectivity index (χ4v) is 5.07. The average molecular weight is 587 g/mol. The Morgan fingerprint density at radius 1 is 1.25 bits per heavy atom. The normalized spacial score (nSPS) is 21.2. The zero-order valence-electron chi connectivity index (χ0n) is 22.5. The second-order valence-electron chi connectivity index (χ2n) is 9.70. The van der Waals surface area contributed by atoms with Crippen molar-refractivity contribution in [1.29, 1.82) is 0 Å². The summed E-state index contributed by atoms with van der Waals surface area (Å²) in [5.74, 6) is -1.84. The number of aromatic nitrogens is 2. The summed E-state index contributed by atoms with van der Waals surface area (Å²) in [6.45, 7) is 5.70. The van der Waals surface area contributed by atoms with Gasteiger partial charge in [0.05, 0.1) is 19.9 Å². The van der Waals surface area contributed by atoms with Crippen molar-refractivity contribution in [2.45, 2.75) is 64.2 Å². The molecule has 0 saturated carbocycles. The van der Waals surface area contributed by atoms with E-state index in [0.717, 1.165) is 11.7 Å². The largest absolute Gasteiger partial charge is 0.509 e. The number of para-hydroxylation sites is 1. The van der Waals surface area contributed by atoms with E-state index < -0.39 is 73.6 Å². The molecule has 14 nitrogen and oxygen atoms in total. The van der Waals surface area contributed by atoms with E-state index >= 15 is 0 Å². The number of carbonyl (C=O) groups excluding carboxylic acids is 2. The predicted octanol–water partition coefficient (Wildman–Crippen LogP) is 2.64. The van der Waals surface area contributed by atoms with Crippen LogP contribution in [0.4, 0.5) is 9.18 Å². The van der Waals surface area contributed by atoms with Crippen molar-refractivity contribution < 1.29 is 46.5 Å². The molecule has 0 aliphatic carbocycles. The molecule has 0 radical (unpaired) electrons. The van der Waals surface area contributed by atoms with Gasteiger partial charge in [-0.25, -0.2) is 14.2 Å². The van der Waals surface area contributed by atoms with Gasteiger partial charge in [-0.3, -0.25) is 23.7 Å². The lowest BCUT2D eigenvalue weighted by atomic mass is 10.2. The minimum atomic E-state index is -4.31. The van der Waals surface area contributed by atoms with Crippen molar-refractivity contribution >= 4 is 19.9 Å². The average Bonchev–Trinajstić information content (AvgIpc) is 3.25. The highest BCUT2D eigenvalue weighted by Crippen LogP contribution is 2.46. The van der Waals surface area contributed by atoms with Crippen LogP contribution in [0.15, 0.2) is 46.1 Å². The van der Waals surface area contributed by atoms with Gasteiger partial charge in [0.2, 0.25) is 5.82 Å². The summed E-state index contributed by atoms with van der Waals surface area (Å²) in [5, 5.41) is 2.47. The number of ether oxygens (including phenoxy) is 4. The van der Waals surface area contributed by atoms with E-state index in [9.17, 15) is 28.1 Å². The summed E-state index contributed by atoms with van der Waals surface area (Å²) in [5.41, 5.74) is -3.08. The highest BCUT2D eigenvalue weighted by atomic mass is 31.2. The Bertz CT molecular complexity index is 1360. The zero-order valence-corrected chi connectivity index (χ0v) is 23.3. The molecule has 16 heteroatoms. The van der Waals surface area contributed by atoms with Gasteiger partial charge in [-0.05, 0) is 39.8 Å². The zero-order chi connectivity index (χ0) is 29.7. The molecule has 1 aromatic heterocycles. The van der Waals surface area contributed by atoms with Crippen LogP contribution in [0.1, 0.15) is 40.3 Å². The Balaban J connectivity index is 1.86. The van der Waals surface area contributed by atoms with Gasteiger partial charge in [0, 0.05) is 6.42 Å². The van der Waals surface area contributed by atoms with E-state index in [2.05, 4.69) is 9.82 Å². The highest BCUT2D eigenvalue weighted by Gasteiger charge is 2.43. The molecule has 0 bridgehead atoms. The summed E-state index contributed by atoms with van der Waals surface area (Å²) in [6, 6.07) is 6.85. The Morgan fingerprint density at radius 2 is 1.93 bits per heavy atom. The van der Waals surface area contributed by atoms with Crippen LogP contribution in [0.5, 0.6) is 5.75 Å². The van der Waals surface area contributed by atoms with Crippen LogP contribution < -0.4 is 20.9 Å². The van der Waals surface area contributed by atoms with Gasteiger partial charge < -0.3 is 23.5 Å². The molecule has 1 saturated heterocycles. The van der Waals surface area contributed by atoms with Crippen LogP contribution in [0.2, 0.25) is 0 Å². The molecule has 0 spiro atoms. The van der Waals surface area contributed by atoms with Gasteiger partial charge >= 0.3 is 25.6 Å². The molecule has 1 fully saturated rings. The topological polar surface area (TPSA) is 173 Å². The van der Waals surface area contributed by atoms with E-state index in [1.807, 2.05) is 4.98 Å². The number of carbonyl (C=O) groups is 2. The van der Waals surface area contributed by atoms with Crippen LogP contribution in [0.25, 0.3) is 0 Å². The highest BCUT2D eigenvalue weighted by molar-refractivity contribution is 7.52. The lowest BCUT2D eigenvalue weighted by Crippen LogP contribution is -2.37. The number of hydrogen-bond acceptors (Lipinski definition) is 11. The molecule has 220 valence electrons. The number of nitrogens with zero attached hydrogens (tertiary/aromatic N) is 1. The first-order chi connectivity index (χ1) is 18.7. The lowest BCUT2D eigenvalue weighted by molar-refractivity contribution is -0.142. The third-order valence-corrected chi connectivity index (χ3v) is 6.98. The molecule has 40 heavy (non-hydrogen) atoms. The van der Waals surface area contributed by atoms with Gasteiger partial charge in [0.15, 0.2) is 0 Å². The van der Waals surface area contributed by atoms with E-state index in [1.54, 1.807) is 39.0 Å². The monoisotopic (exact) mass is 587 g/mol. The maximum atomic E-state index is 13.9. The first-order valence-corrected chi connectivity index (χ1v) is 13.6. The van der Waals surface area contributed by atoms with E-state index in [-0.39, 0.29) is 12.2 Å². The number of benzene rings is 1. The van der Waals surface area contributed by atoms with Crippen molar-refractivity contribution in [2.24, 2.45) is 0 Å². The van der Waals surface area contributed by atoms with Gasteiger partial charge in [-0.2, -0.15) is 9.48 Å². The van der Waals surface area contributed by atoms with Crippen LogP contribution in [-0.4, -0.2) is 59.2 Å². The molecule has 1 aromatic carbocycles. The quantitative estimate of drug-likeness (QED) is 0.308. The van der Waals surface area contributed by atoms with Crippen molar-refractivity contribution in [1.82, 2.24) is 14.6 Å². The molecule has 2 N–H and O–H groups in total. The molecule has 3 rings (SSSR count). The summed E-state index contributed by atoms with van der Waals surface area (Å²) >= 11 is 0. The molecule has 1 unspecified atom stereocenters. The molecule has 2 heterocycles. The third kappa shape index (κ3) is 8.49. The Morgan fingerprint density at radius 3 is 2.55 bits per heavy atom. The Hall–Kier alpha value is -3.52. The smallest absolute Gasteiger partial charge is 0.468 e. The minimum Gasteiger partial charge on any atom is -0.468 e. The third-order valence-electron chi connectivity index (χ3n) is 5.34. The molecule has 2 aromatic rings. The first-order valence-electron chi connectivity index (χ1n) is 12.1. The lowest BCUT2D eigenvalue weighted by Gasteiger charge is -2.26.